The Kier molecular flexibility index (Phi) is 5.39. The summed E-state index contributed by atoms with van der Waals surface area (Å²) in [4.78, 5) is 34.8. The summed E-state index contributed by atoms with van der Waals surface area (Å²) in [5.74, 6) is 0.476. The van der Waals surface area contributed by atoms with Gasteiger partial charge in [0, 0.05) is 33.6 Å². The van der Waals surface area contributed by atoms with Crippen molar-refractivity contribution < 1.29 is 14.3 Å². The number of nitrogens with zero attached hydrogens (tertiary/aromatic N) is 4. The lowest BCUT2D eigenvalue weighted by Gasteiger charge is -2.29. The Morgan fingerprint density at radius 2 is 2.05 bits per heavy atom. The molecule has 2 rings (SSSR count). The quantitative estimate of drug-likeness (QED) is 0.706. The first-order valence-corrected chi connectivity index (χ1v) is 7.77. The topological polar surface area (TPSA) is 65.5 Å². The first kappa shape index (κ1) is 16.7. The minimum Gasteiger partial charge on any atom is -0.478 e. The molecule has 0 aromatic carbocycles. The van der Waals surface area contributed by atoms with Crippen LogP contribution < -0.4 is 0 Å². The Morgan fingerprint density at radius 1 is 1.32 bits per heavy atom. The van der Waals surface area contributed by atoms with Gasteiger partial charge in [-0.25, -0.2) is 4.99 Å². The van der Waals surface area contributed by atoms with E-state index < -0.39 is 6.04 Å². The van der Waals surface area contributed by atoms with Crippen molar-refractivity contribution in [3.63, 3.8) is 0 Å². The average Bonchev–Trinajstić information content (AvgIpc) is 3.11. The molecule has 7 heteroatoms. The fourth-order valence-corrected chi connectivity index (χ4v) is 2.81. The van der Waals surface area contributed by atoms with E-state index in [2.05, 4.69) is 4.99 Å². The summed E-state index contributed by atoms with van der Waals surface area (Å²) in [6.07, 6.45) is 1.59. The van der Waals surface area contributed by atoms with Crippen LogP contribution in [-0.2, 0) is 14.3 Å². The van der Waals surface area contributed by atoms with Gasteiger partial charge < -0.3 is 19.4 Å². The lowest BCUT2D eigenvalue weighted by molar-refractivity contribution is -0.143. The maximum Gasteiger partial charge on any atom is 0.251 e. The van der Waals surface area contributed by atoms with Gasteiger partial charge in [0.15, 0.2) is 11.9 Å². The van der Waals surface area contributed by atoms with E-state index in [1.54, 1.807) is 23.8 Å². The van der Waals surface area contributed by atoms with E-state index in [0.29, 0.717) is 25.6 Å². The maximum atomic E-state index is 12.6. The Labute approximate surface area is 131 Å². The Bertz CT molecular complexity index is 464. The predicted molar refractivity (Wildman–Crippen MR) is 83.8 cm³/mol. The minimum atomic E-state index is -0.486. The van der Waals surface area contributed by atoms with Crippen molar-refractivity contribution in [1.82, 2.24) is 14.7 Å². The highest BCUT2D eigenvalue weighted by molar-refractivity contribution is 5.92. The molecule has 0 radical (unpaired) electrons. The van der Waals surface area contributed by atoms with Crippen LogP contribution >= 0.6 is 0 Å². The van der Waals surface area contributed by atoms with Gasteiger partial charge >= 0.3 is 0 Å². The summed E-state index contributed by atoms with van der Waals surface area (Å²) in [7, 11) is 5.75. The maximum absolute atomic E-state index is 12.6. The zero-order valence-corrected chi connectivity index (χ0v) is 13.9. The van der Waals surface area contributed by atoms with Crippen LogP contribution in [0.3, 0.4) is 0 Å². The van der Waals surface area contributed by atoms with Gasteiger partial charge in [-0.3, -0.25) is 9.59 Å². The standard InChI is InChI=1S/C15H26N4O3/c1-11-16-12(10-22-11)14(20)19-7-5-6-13(19)15(21)18(4)9-8-17(2)3/h12-13H,5-10H2,1-4H3/t12?,13-/m0/s1. The summed E-state index contributed by atoms with van der Waals surface area (Å²) < 4.78 is 5.26. The SMILES string of the molecule is CC1=NC(C(=O)N2CCC[C@H]2C(=O)N(C)CCN(C)C)CO1. The van der Waals surface area contributed by atoms with E-state index in [0.717, 1.165) is 19.4 Å². The summed E-state index contributed by atoms with van der Waals surface area (Å²) in [5.41, 5.74) is 0. The molecule has 22 heavy (non-hydrogen) atoms. The van der Waals surface area contributed by atoms with Crippen molar-refractivity contribution in [2.75, 3.05) is 47.4 Å². The molecule has 2 aliphatic rings. The van der Waals surface area contributed by atoms with Crippen molar-refractivity contribution in [2.45, 2.75) is 31.8 Å². The highest BCUT2D eigenvalue weighted by Crippen LogP contribution is 2.22. The van der Waals surface area contributed by atoms with E-state index in [9.17, 15) is 9.59 Å². The van der Waals surface area contributed by atoms with Crippen molar-refractivity contribution in [1.29, 1.82) is 0 Å². The van der Waals surface area contributed by atoms with Crippen LogP contribution in [0.5, 0.6) is 0 Å². The molecule has 2 atom stereocenters. The number of carbonyl (C=O) groups excluding carboxylic acids is 2. The van der Waals surface area contributed by atoms with Crippen LogP contribution in [0.2, 0.25) is 0 Å². The number of hydrogen-bond donors (Lipinski definition) is 0. The second-order valence-corrected chi connectivity index (χ2v) is 6.23. The molecule has 0 aliphatic carbocycles. The Morgan fingerprint density at radius 3 is 2.64 bits per heavy atom. The smallest absolute Gasteiger partial charge is 0.251 e. The average molecular weight is 310 g/mol. The summed E-state index contributed by atoms with van der Waals surface area (Å²) in [5, 5.41) is 0. The summed E-state index contributed by atoms with van der Waals surface area (Å²) >= 11 is 0. The van der Waals surface area contributed by atoms with Gasteiger partial charge in [0.25, 0.3) is 5.91 Å². The molecule has 1 fully saturated rings. The lowest BCUT2D eigenvalue weighted by Crippen LogP contribution is -2.50. The number of hydrogen-bond acceptors (Lipinski definition) is 5. The molecular weight excluding hydrogens is 284 g/mol. The van der Waals surface area contributed by atoms with Crippen molar-refractivity contribution in [2.24, 2.45) is 4.99 Å². The number of ether oxygens (including phenoxy) is 1. The third kappa shape index (κ3) is 3.76. The molecule has 2 aliphatic heterocycles. The van der Waals surface area contributed by atoms with Gasteiger partial charge in [-0.05, 0) is 26.9 Å². The fourth-order valence-electron chi connectivity index (χ4n) is 2.81. The van der Waals surface area contributed by atoms with Crippen LogP contribution in [0.4, 0.5) is 0 Å². The highest BCUT2D eigenvalue weighted by atomic mass is 16.5. The third-order valence-corrected chi connectivity index (χ3v) is 4.15. The van der Waals surface area contributed by atoms with Crippen LogP contribution in [0.15, 0.2) is 4.99 Å². The third-order valence-electron chi connectivity index (χ3n) is 4.15. The summed E-state index contributed by atoms with van der Waals surface area (Å²) in [6.45, 7) is 4.13. The Balaban J connectivity index is 1.97. The number of aliphatic imine (C=N–C) groups is 1. The van der Waals surface area contributed by atoms with Gasteiger partial charge in [-0.1, -0.05) is 0 Å². The number of likely N-dealkylation sites (tertiary alicyclic amines) is 1. The molecule has 7 nitrogen and oxygen atoms in total. The molecule has 1 saturated heterocycles. The molecule has 2 amide bonds. The highest BCUT2D eigenvalue weighted by Gasteiger charge is 2.39. The molecule has 124 valence electrons. The number of likely N-dealkylation sites (N-methyl/N-ethyl adjacent to an activating group) is 2. The van der Waals surface area contributed by atoms with Crippen LogP contribution in [-0.4, -0.2) is 91.9 Å². The van der Waals surface area contributed by atoms with E-state index in [4.69, 9.17) is 4.74 Å². The number of rotatable bonds is 5. The first-order valence-electron chi connectivity index (χ1n) is 7.77. The van der Waals surface area contributed by atoms with Crippen LogP contribution in [0, 0.1) is 0 Å². The molecule has 0 N–H and O–H groups in total. The second-order valence-electron chi connectivity index (χ2n) is 6.23. The fraction of sp³-hybridized carbons (Fsp3) is 0.800. The minimum absolute atomic E-state index is 0.0207. The zero-order chi connectivity index (χ0) is 16.3. The molecule has 0 saturated carbocycles. The molecule has 0 spiro atoms. The van der Waals surface area contributed by atoms with Crippen molar-refractivity contribution in [3.05, 3.63) is 0 Å². The van der Waals surface area contributed by atoms with E-state index in [-0.39, 0.29) is 17.9 Å². The monoisotopic (exact) mass is 310 g/mol. The first-order chi connectivity index (χ1) is 10.4. The van der Waals surface area contributed by atoms with Crippen molar-refractivity contribution in [3.8, 4) is 0 Å². The van der Waals surface area contributed by atoms with Gasteiger partial charge in [-0.15, -0.1) is 0 Å². The van der Waals surface area contributed by atoms with Crippen LogP contribution in [0.1, 0.15) is 19.8 Å². The second kappa shape index (κ2) is 7.09. The van der Waals surface area contributed by atoms with Gasteiger partial charge in [0.05, 0.1) is 0 Å². The normalized spacial score (nSPS) is 24.4. The molecule has 0 aromatic heterocycles. The van der Waals surface area contributed by atoms with E-state index in [1.165, 1.54) is 0 Å². The molecular formula is C15H26N4O3. The zero-order valence-electron chi connectivity index (χ0n) is 13.9. The van der Waals surface area contributed by atoms with Crippen LogP contribution in [0.25, 0.3) is 0 Å². The van der Waals surface area contributed by atoms with Gasteiger partial charge in [0.2, 0.25) is 5.91 Å². The summed E-state index contributed by atoms with van der Waals surface area (Å²) in [6, 6.07) is -0.837. The lowest BCUT2D eigenvalue weighted by atomic mass is 10.1. The molecule has 2 heterocycles. The number of amides is 2. The van der Waals surface area contributed by atoms with E-state index in [1.807, 2.05) is 19.0 Å². The largest absolute Gasteiger partial charge is 0.478 e. The molecule has 1 unspecified atom stereocenters. The predicted octanol–water partition coefficient (Wildman–Crippen LogP) is -0.185. The van der Waals surface area contributed by atoms with Crippen molar-refractivity contribution >= 4 is 17.7 Å². The molecule has 0 aromatic rings. The van der Waals surface area contributed by atoms with Gasteiger partial charge in [0.1, 0.15) is 12.6 Å². The van der Waals surface area contributed by atoms with Gasteiger partial charge in [-0.2, -0.15) is 0 Å². The Hall–Kier alpha value is -1.63. The number of carbonyl (C=O) groups is 2. The molecule has 0 bridgehead atoms. The van der Waals surface area contributed by atoms with E-state index >= 15 is 0 Å².